The maximum atomic E-state index is 12.8. The van der Waals surface area contributed by atoms with Gasteiger partial charge in [0.15, 0.2) is 6.61 Å². The van der Waals surface area contributed by atoms with Crippen LogP contribution in [-0.4, -0.2) is 32.3 Å². The predicted molar refractivity (Wildman–Crippen MR) is 129 cm³/mol. The SMILES string of the molecule is Cc1cc(Br)cc(C)c1OCC(=O)Nc1ccc(S(=O)(=O)N(C)Cc2ccccc2)cc1. The Labute approximate surface area is 197 Å². The standard InChI is InChI=1S/C24H25BrN2O4S/c1-17-13-20(25)14-18(2)24(17)31-16-23(28)26-21-9-11-22(12-10-21)32(29,30)27(3)15-19-7-5-4-6-8-19/h4-14H,15-16H2,1-3H3,(H,26,28). The van der Waals surface area contributed by atoms with Gasteiger partial charge in [0, 0.05) is 23.8 Å². The number of carbonyl (C=O) groups excluding carboxylic acids is 1. The van der Waals surface area contributed by atoms with Crippen LogP contribution in [0.4, 0.5) is 5.69 Å². The molecule has 0 saturated heterocycles. The lowest BCUT2D eigenvalue weighted by Gasteiger charge is -2.17. The Kier molecular flexibility index (Phi) is 7.71. The van der Waals surface area contributed by atoms with Gasteiger partial charge in [0.25, 0.3) is 5.91 Å². The number of nitrogens with one attached hydrogen (secondary N) is 1. The van der Waals surface area contributed by atoms with Gasteiger partial charge in [-0.1, -0.05) is 46.3 Å². The topological polar surface area (TPSA) is 75.7 Å². The molecular formula is C24H25BrN2O4S. The summed E-state index contributed by atoms with van der Waals surface area (Å²) in [4.78, 5) is 12.5. The summed E-state index contributed by atoms with van der Waals surface area (Å²) in [5.74, 6) is 0.342. The number of amides is 1. The van der Waals surface area contributed by atoms with Crippen LogP contribution in [0.25, 0.3) is 0 Å². The van der Waals surface area contributed by atoms with Gasteiger partial charge in [0.05, 0.1) is 4.90 Å². The van der Waals surface area contributed by atoms with Crippen molar-refractivity contribution in [1.29, 1.82) is 0 Å². The van der Waals surface area contributed by atoms with Gasteiger partial charge in [-0.2, -0.15) is 4.31 Å². The van der Waals surface area contributed by atoms with Gasteiger partial charge in [-0.3, -0.25) is 4.79 Å². The van der Waals surface area contributed by atoms with Crippen LogP contribution in [0.2, 0.25) is 0 Å². The number of carbonyl (C=O) groups is 1. The molecular weight excluding hydrogens is 492 g/mol. The van der Waals surface area contributed by atoms with Gasteiger partial charge in [0.1, 0.15) is 5.75 Å². The van der Waals surface area contributed by atoms with Crippen LogP contribution in [0, 0.1) is 13.8 Å². The van der Waals surface area contributed by atoms with E-state index in [1.165, 1.54) is 16.4 Å². The summed E-state index contributed by atoms with van der Waals surface area (Å²) in [6.45, 7) is 3.95. The highest BCUT2D eigenvalue weighted by molar-refractivity contribution is 9.10. The van der Waals surface area contributed by atoms with E-state index in [0.29, 0.717) is 11.4 Å². The van der Waals surface area contributed by atoms with E-state index in [9.17, 15) is 13.2 Å². The molecule has 0 saturated carbocycles. The lowest BCUT2D eigenvalue weighted by atomic mass is 10.1. The van der Waals surface area contributed by atoms with Crippen molar-refractivity contribution in [2.45, 2.75) is 25.3 Å². The van der Waals surface area contributed by atoms with E-state index in [1.54, 1.807) is 19.2 Å². The molecule has 1 amide bonds. The van der Waals surface area contributed by atoms with Gasteiger partial charge < -0.3 is 10.1 Å². The van der Waals surface area contributed by atoms with Crippen LogP contribution in [0.1, 0.15) is 16.7 Å². The second-order valence-electron chi connectivity index (χ2n) is 7.48. The fourth-order valence-corrected chi connectivity index (χ4v) is 5.12. The lowest BCUT2D eigenvalue weighted by Crippen LogP contribution is -2.26. The van der Waals surface area contributed by atoms with Crippen molar-refractivity contribution in [2.75, 3.05) is 19.0 Å². The van der Waals surface area contributed by atoms with E-state index in [2.05, 4.69) is 21.2 Å². The van der Waals surface area contributed by atoms with Crippen molar-refractivity contribution in [2.24, 2.45) is 0 Å². The van der Waals surface area contributed by atoms with Crippen LogP contribution in [0.15, 0.2) is 76.1 Å². The molecule has 3 rings (SSSR count). The minimum atomic E-state index is -3.65. The smallest absolute Gasteiger partial charge is 0.262 e. The highest BCUT2D eigenvalue weighted by atomic mass is 79.9. The fourth-order valence-electron chi connectivity index (χ4n) is 3.28. The number of benzene rings is 3. The molecule has 6 nitrogen and oxygen atoms in total. The highest BCUT2D eigenvalue weighted by Crippen LogP contribution is 2.27. The molecule has 168 valence electrons. The van der Waals surface area contributed by atoms with Crippen molar-refractivity contribution in [3.05, 3.63) is 87.9 Å². The number of aryl methyl sites for hydroxylation is 2. The zero-order valence-electron chi connectivity index (χ0n) is 18.1. The first-order valence-electron chi connectivity index (χ1n) is 9.96. The second-order valence-corrected chi connectivity index (χ2v) is 10.4. The second kappa shape index (κ2) is 10.3. The van der Waals surface area contributed by atoms with Gasteiger partial charge in [0.2, 0.25) is 10.0 Å². The van der Waals surface area contributed by atoms with Crippen molar-refractivity contribution >= 4 is 37.5 Å². The minimum Gasteiger partial charge on any atom is -0.483 e. The Morgan fingerprint density at radius 2 is 1.59 bits per heavy atom. The number of rotatable bonds is 8. The van der Waals surface area contributed by atoms with Crippen LogP contribution < -0.4 is 10.1 Å². The van der Waals surface area contributed by atoms with E-state index in [4.69, 9.17) is 4.74 Å². The van der Waals surface area contributed by atoms with Crippen molar-refractivity contribution in [3.8, 4) is 5.75 Å². The first kappa shape index (κ1) is 24.0. The van der Waals surface area contributed by atoms with Crippen LogP contribution in [-0.2, 0) is 21.4 Å². The number of sulfonamides is 1. The average Bonchev–Trinajstić information content (AvgIpc) is 2.74. The van der Waals surface area contributed by atoms with Crippen LogP contribution in [0.3, 0.4) is 0 Å². The molecule has 0 aliphatic carbocycles. The maximum absolute atomic E-state index is 12.8. The van der Waals surface area contributed by atoms with Gasteiger partial charge in [-0.25, -0.2) is 8.42 Å². The molecule has 0 unspecified atom stereocenters. The van der Waals surface area contributed by atoms with Gasteiger partial charge >= 0.3 is 0 Å². The normalized spacial score (nSPS) is 11.4. The van der Waals surface area contributed by atoms with Gasteiger partial charge in [-0.05, 0) is 66.9 Å². The molecule has 8 heteroatoms. The number of hydrogen-bond donors (Lipinski definition) is 1. The Balaban J connectivity index is 1.61. The number of halogens is 1. The Morgan fingerprint density at radius 3 is 2.19 bits per heavy atom. The molecule has 3 aromatic carbocycles. The first-order valence-corrected chi connectivity index (χ1v) is 12.2. The average molecular weight is 517 g/mol. The Bertz CT molecular complexity index is 1170. The quantitative estimate of drug-likeness (QED) is 0.461. The van der Waals surface area contributed by atoms with E-state index in [-0.39, 0.29) is 24.0 Å². The molecule has 0 heterocycles. The van der Waals surface area contributed by atoms with E-state index >= 15 is 0 Å². The molecule has 0 aliphatic heterocycles. The summed E-state index contributed by atoms with van der Waals surface area (Å²) in [5.41, 5.74) is 3.25. The van der Waals surface area contributed by atoms with E-state index < -0.39 is 10.0 Å². The largest absolute Gasteiger partial charge is 0.483 e. The molecule has 0 radical (unpaired) electrons. The molecule has 0 aromatic heterocycles. The van der Waals surface area contributed by atoms with Crippen molar-refractivity contribution in [3.63, 3.8) is 0 Å². The number of nitrogens with zero attached hydrogens (tertiary/aromatic N) is 1. The molecule has 0 atom stereocenters. The zero-order valence-corrected chi connectivity index (χ0v) is 20.5. The predicted octanol–water partition coefficient (Wildman–Crippen LogP) is 4.90. The molecule has 32 heavy (non-hydrogen) atoms. The molecule has 3 aromatic rings. The van der Waals surface area contributed by atoms with Crippen LogP contribution in [0.5, 0.6) is 5.75 Å². The lowest BCUT2D eigenvalue weighted by molar-refractivity contribution is -0.118. The minimum absolute atomic E-state index is 0.150. The number of hydrogen-bond acceptors (Lipinski definition) is 4. The van der Waals surface area contributed by atoms with Crippen molar-refractivity contribution in [1.82, 2.24) is 4.31 Å². The maximum Gasteiger partial charge on any atom is 0.262 e. The number of anilines is 1. The molecule has 0 fully saturated rings. The third-order valence-electron chi connectivity index (χ3n) is 4.87. The van der Waals surface area contributed by atoms with Crippen LogP contribution >= 0.6 is 15.9 Å². The highest BCUT2D eigenvalue weighted by Gasteiger charge is 2.21. The monoisotopic (exact) mass is 516 g/mol. The molecule has 0 bridgehead atoms. The molecule has 0 spiro atoms. The Hall–Kier alpha value is -2.68. The van der Waals surface area contributed by atoms with Gasteiger partial charge in [-0.15, -0.1) is 0 Å². The van der Waals surface area contributed by atoms with Crippen molar-refractivity contribution < 1.29 is 17.9 Å². The third-order valence-corrected chi connectivity index (χ3v) is 7.14. The summed E-state index contributed by atoms with van der Waals surface area (Å²) in [7, 11) is -2.11. The molecule has 1 N–H and O–H groups in total. The number of ether oxygens (including phenoxy) is 1. The summed E-state index contributed by atoms with van der Waals surface area (Å²) in [5, 5.41) is 2.73. The fraction of sp³-hybridized carbons (Fsp3) is 0.208. The first-order chi connectivity index (χ1) is 15.2. The van der Waals surface area contributed by atoms with E-state index in [0.717, 1.165) is 21.2 Å². The zero-order chi connectivity index (χ0) is 23.3. The Morgan fingerprint density at radius 1 is 1.00 bits per heavy atom. The summed E-state index contributed by atoms with van der Waals surface area (Å²) >= 11 is 3.44. The third kappa shape index (κ3) is 5.97. The summed E-state index contributed by atoms with van der Waals surface area (Å²) < 4.78 is 33.6. The summed E-state index contributed by atoms with van der Waals surface area (Å²) in [6.07, 6.45) is 0. The summed E-state index contributed by atoms with van der Waals surface area (Å²) in [6, 6.07) is 19.3. The van der Waals surface area contributed by atoms with E-state index in [1.807, 2.05) is 56.3 Å². The molecule has 0 aliphatic rings.